The number of hydrogen-bond acceptors (Lipinski definition) is 4. The van der Waals surface area contributed by atoms with Gasteiger partial charge in [-0.15, -0.1) is 0 Å². The molecule has 4 nitrogen and oxygen atoms in total. The van der Waals surface area contributed by atoms with Gasteiger partial charge in [0.15, 0.2) is 0 Å². The first-order valence-electron chi connectivity index (χ1n) is 8.03. The highest BCUT2D eigenvalue weighted by Crippen LogP contribution is 2.32. The molecule has 1 unspecified atom stereocenters. The van der Waals surface area contributed by atoms with E-state index in [-0.39, 0.29) is 0 Å². The lowest BCUT2D eigenvalue weighted by Crippen LogP contribution is -2.41. The van der Waals surface area contributed by atoms with E-state index in [9.17, 15) is 0 Å². The highest BCUT2D eigenvalue weighted by Gasteiger charge is 2.26. The van der Waals surface area contributed by atoms with Crippen LogP contribution in [0.5, 0.6) is 0 Å². The molecule has 1 fully saturated rings. The first-order chi connectivity index (χ1) is 10.2. The molecule has 2 N–H and O–H groups in total. The predicted octanol–water partition coefficient (Wildman–Crippen LogP) is 1.79. The van der Waals surface area contributed by atoms with Crippen LogP contribution >= 0.6 is 0 Å². The van der Waals surface area contributed by atoms with Crippen molar-refractivity contribution in [2.24, 2.45) is 5.73 Å². The summed E-state index contributed by atoms with van der Waals surface area (Å²) < 4.78 is 5.47. The topological polar surface area (TPSA) is 41.7 Å². The highest BCUT2D eigenvalue weighted by molar-refractivity contribution is 5.58. The highest BCUT2D eigenvalue weighted by atomic mass is 16.5. The van der Waals surface area contributed by atoms with E-state index in [0.29, 0.717) is 18.7 Å². The molecule has 1 aromatic carbocycles. The van der Waals surface area contributed by atoms with Crippen LogP contribution in [0.1, 0.15) is 30.0 Å². The van der Waals surface area contributed by atoms with Gasteiger partial charge in [-0.3, -0.25) is 4.90 Å². The third kappa shape index (κ3) is 2.93. The third-order valence-electron chi connectivity index (χ3n) is 5.09. The molecule has 1 aromatic rings. The van der Waals surface area contributed by atoms with Crippen LogP contribution in [0.4, 0.5) is 5.69 Å². The fourth-order valence-electron chi connectivity index (χ4n) is 3.71. The van der Waals surface area contributed by atoms with Crippen molar-refractivity contribution in [3.05, 3.63) is 29.3 Å². The van der Waals surface area contributed by atoms with Crippen molar-refractivity contribution < 1.29 is 4.74 Å². The maximum absolute atomic E-state index is 6.09. The van der Waals surface area contributed by atoms with Gasteiger partial charge in [-0.2, -0.15) is 0 Å². The molecule has 2 aliphatic rings. The Morgan fingerprint density at radius 3 is 2.71 bits per heavy atom. The molecular formula is C17H27N3O. The van der Waals surface area contributed by atoms with Crippen LogP contribution in [0.15, 0.2) is 18.2 Å². The van der Waals surface area contributed by atoms with E-state index in [0.717, 1.165) is 38.9 Å². The van der Waals surface area contributed by atoms with Crippen LogP contribution < -0.4 is 10.6 Å². The number of fused-ring (bicyclic) bond motifs is 1. The van der Waals surface area contributed by atoms with Gasteiger partial charge in [-0.1, -0.05) is 12.1 Å². The SMILES string of the molecule is COC1CCN(C(CN)c2ccc3c(c2)CCN3C)CC1. The van der Waals surface area contributed by atoms with Gasteiger partial charge in [0.05, 0.1) is 6.10 Å². The van der Waals surface area contributed by atoms with Crippen LogP contribution in [0.25, 0.3) is 0 Å². The summed E-state index contributed by atoms with van der Waals surface area (Å²) in [5.74, 6) is 0. The molecule has 0 radical (unpaired) electrons. The second kappa shape index (κ2) is 6.34. The molecule has 0 saturated carbocycles. The number of rotatable bonds is 4. The Morgan fingerprint density at radius 2 is 2.05 bits per heavy atom. The minimum Gasteiger partial charge on any atom is -0.381 e. The molecule has 3 rings (SSSR count). The number of likely N-dealkylation sites (N-methyl/N-ethyl adjacent to an activating group) is 1. The van der Waals surface area contributed by atoms with E-state index in [1.54, 1.807) is 0 Å². The minimum atomic E-state index is 0.346. The Kier molecular flexibility index (Phi) is 4.48. The minimum absolute atomic E-state index is 0.346. The van der Waals surface area contributed by atoms with E-state index in [4.69, 9.17) is 10.5 Å². The molecular weight excluding hydrogens is 262 g/mol. The van der Waals surface area contributed by atoms with Gasteiger partial charge in [-0.25, -0.2) is 0 Å². The van der Waals surface area contributed by atoms with Gasteiger partial charge in [0, 0.05) is 52.1 Å². The molecule has 1 atom stereocenters. The molecule has 1 saturated heterocycles. The number of piperidine rings is 1. The maximum Gasteiger partial charge on any atom is 0.0595 e. The van der Waals surface area contributed by atoms with Crippen LogP contribution in [-0.2, 0) is 11.2 Å². The zero-order valence-corrected chi connectivity index (χ0v) is 13.2. The van der Waals surface area contributed by atoms with Crippen molar-refractivity contribution in [3.8, 4) is 0 Å². The lowest BCUT2D eigenvalue weighted by atomic mass is 9.98. The summed E-state index contributed by atoms with van der Waals surface area (Å²) in [4.78, 5) is 4.86. The summed E-state index contributed by atoms with van der Waals surface area (Å²) in [6.07, 6.45) is 3.80. The molecule has 2 aliphatic heterocycles. The summed E-state index contributed by atoms with van der Waals surface area (Å²) in [6.45, 7) is 3.98. The molecule has 0 bridgehead atoms. The second-order valence-corrected chi connectivity index (χ2v) is 6.28. The van der Waals surface area contributed by atoms with Gasteiger partial charge in [0.25, 0.3) is 0 Å². The Hall–Kier alpha value is -1.10. The van der Waals surface area contributed by atoms with E-state index in [2.05, 4.69) is 35.0 Å². The summed E-state index contributed by atoms with van der Waals surface area (Å²) >= 11 is 0. The monoisotopic (exact) mass is 289 g/mol. The van der Waals surface area contributed by atoms with Crippen LogP contribution in [0.2, 0.25) is 0 Å². The van der Waals surface area contributed by atoms with Crippen molar-refractivity contribution in [2.75, 3.05) is 45.2 Å². The van der Waals surface area contributed by atoms with Gasteiger partial charge < -0.3 is 15.4 Å². The molecule has 0 spiro atoms. The number of nitrogens with zero attached hydrogens (tertiary/aromatic N) is 2. The first kappa shape index (κ1) is 14.8. The smallest absolute Gasteiger partial charge is 0.0595 e. The summed E-state index contributed by atoms with van der Waals surface area (Å²) in [6, 6.07) is 7.25. The molecule has 2 heterocycles. The summed E-state index contributed by atoms with van der Waals surface area (Å²) in [7, 11) is 3.99. The zero-order chi connectivity index (χ0) is 14.8. The number of nitrogens with two attached hydrogens (primary N) is 1. The van der Waals surface area contributed by atoms with E-state index in [1.807, 2.05) is 7.11 Å². The van der Waals surface area contributed by atoms with Crippen molar-refractivity contribution in [1.29, 1.82) is 0 Å². The largest absolute Gasteiger partial charge is 0.381 e. The number of ether oxygens (including phenoxy) is 1. The molecule has 21 heavy (non-hydrogen) atoms. The average molecular weight is 289 g/mol. The standard InChI is InChI=1S/C17H27N3O/c1-19-8-5-14-11-13(3-4-16(14)19)17(12-18)20-9-6-15(21-2)7-10-20/h3-4,11,15,17H,5-10,12,18H2,1-2H3. The van der Waals surface area contributed by atoms with Gasteiger partial charge in [0.1, 0.15) is 0 Å². The number of anilines is 1. The van der Waals surface area contributed by atoms with Crippen LogP contribution in [0.3, 0.4) is 0 Å². The molecule has 0 amide bonds. The quantitative estimate of drug-likeness (QED) is 0.917. The van der Waals surface area contributed by atoms with E-state index < -0.39 is 0 Å². The zero-order valence-electron chi connectivity index (χ0n) is 13.2. The Bertz CT molecular complexity index is 483. The van der Waals surface area contributed by atoms with Crippen molar-refractivity contribution in [2.45, 2.75) is 31.4 Å². The summed E-state index contributed by atoms with van der Waals surface area (Å²) in [5, 5.41) is 0. The van der Waals surface area contributed by atoms with E-state index >= 15 is 0 Å². The van der Waals surface area contributed by atoms with Crippen molar-refractivity contribution in [3.63, 3.8) is 0 Å². The Balaban J connectivity index is 1.75. The fourth-order valence-corrected chi connectivity index (χ4v) is 3.71. The number of benzene rings is 1. The van der Waals surface area contributed by atoms with Gasteiger partial charge in [0.2, 0.25) is 0 Å². The Labute approximate surface area is 127 Å². The fraction of sp³-hybridized carbons (Fsp3) is 0.647. The molecule has 116 valence electrons. The van der Waals surface area contributed by atoms with Crippen molar-refractivity contribution in [1.82, 2.24) is 4.90 Å². The number of hydrogen-bond donors (Lipinski definition) is 1. The molecule has 0 aromatic heterocycles. The Morgan fingerprint density at radius 1 is 1.29 bits per heavy atom. The van der Waals surface area contributed by atoms with Crippen molar-refractivity contribution >= 4 is 5.69 Å². The molecule has 4 heteroatoms. The predicted molar refractivity (Wildman–Crippen MR) is 86.8 cm³/mol. The van der Waals surface area contributed by atoms with E-state index in [1.165, 1.54) is 16.8 Å². The summed E-state index contributed by atoms with van der Waals surface area (Å²) in [5.41, 5.74) is 10.3. The number of methoxy groups -OCH3 is 1. The average Bonchev–Trinajstić information content (AvgIpc) is 2.90. The lowest BCUT2D eigenvalue weighted by molar-refractivity contribution is 0.0280. The third-order valence-corrected chi connectivity index (χ3v) is 5.09. The van der Waals surface area contributed by atoms with Gasteiger partial charge in [-0.05, 0) is 36.5 Å². The second-order valence-electron chi connectivity index (χ2n) is 6.28. The maximum atomic E-state index is 6.09. The number of likely N-dealkylation sites (tertiary alicyclic amines) is 1. The normalized spacial score (nSPS) is 21.6. The van der Waals surface area contributed by atoms with Gasteiger partial charge >= 0.3 is 0 Å². The van der Waals surface area contributed by atoms with Crippen LogP contribution in [0, 0.1) is 0 Å². The lowest BCUT2D eigenvalue weighted by Gasteiger charge is -2.37. The van der Waals surface area contributed by atoms with Crippen LogP contribution in [-0.4, -0.2) is 51.3 Å². The first-order valence-corrected chi connectivity index (χ1v) is 8.03. The molecule has 0 aliphatic carbocycles.